The van der Waals surface area contributed by atoms with Gasteiger partial charge in [-0.05, 0) is 47.4 Å². The van der Waals surface area contributed by atoms with E-state index in [1.807, 2.05) is 6.07 Å². The lowest BCUT2D eigenvalue weighted by atomic mass is 10.1. The van der Waals surface area contributed by atoms with Gasteiger partial charge < -0.3 is 10.6 Å². The van der Waals surface area contributed by atoms with Gasteiger partial charge >= 0.3 is 0 Å². The zero-order valence-electron chi connectivity index (χ0n) is 10.5. The van der Waals surface area contributed by atoms with Crippen molar-refractivity contribution in [2.75, 3.05) is 25.0 Å². The van der Waals surface area contributed by atoms with Gasteiger partial charge in [0, 0.05) is 13.1 Å². The molecule has 3 nitrogen and oxygen atoms in total. The van der Waals surface area contributed by atoms with Gasteiger partial charge in [-0.15, -0.1) is 0 Å². The lowest BCUT2D eigenvalue weighted by molar-refractivity contribution is 0.622. The fourth-order valence-electron chi connectivity index (χ4n) is 2.03. The molecule has 19 heavy (non-hydrogen) atoms. The van der Waals surface area contributed by atoms with Crippen LogP contribution in [0.1, 0.15) is 18.4 Å². The van der Waals surface area contributed by atoms with E-state index in [0.29, 0.717) is 17.8 Å². The van der Waals surface area contributed by atoms with E-state index in [1.54, 1.807) is 12.1 Å². The third-order valence-electron chi connectivity index (χ3n) is 3.12. The molecule has 0 bridgehead atoms. The lowest BCUT2D eigenvalue weighted by Crippen LogP contribution is -2.21. The smallest absolute Gasteiger partial charge is 0.161 e. The monoisotopic (exact) mass is 323 g/mol. The summed E-state index contributed by atoms with van der Waals surface area (Å²) in [4.78, 5) is 0. The number of anilines is 1. The molecule has 0 spiro atoms. The van der Waals surface area contributed by atoms with Crippen LogP contribution in [0.3, 0.4) is 0 Å². The van der Waals surface area contributed by atoms with Gasteiger partial charge in [0.1, 0.15) is 6.07 Å². The topological polar surface area (TPSA) is 47.9 Å². The summed E-state index contributed by atoms with van der Waals surface area (Å²) in [5.74, 6) is -0.404. The van der Waals surface area contributed by atoms with Crippen molar-refractivity contribution in [3.8, 4) is 6.07 Å². The fraction of sp³-hybridized carbons (Fsp3) is 0.357. The second kappa shape index (κ2) is 6.69. The third kappa shape index (κ3) is 3.55. The van der Waals surface area contributed by atoms with Crippen LogP contribution in [0.5, 0.6) is 0 Å². The molecule has 100 valence electrons. The highest BCUT2D eigenvalue weighted by Crippen LogP contribution is 2.26. The van der Waals surface area contributed by atoms with E-state index in [0.717, 1.165) is 25.9 Å². The molecule has 2 rings (SSSR count). The highest BCUT2D eigenvalue weighted by atomic mass is 79.9. The van der Waals surface area contributed by atoms with E-state index in [9.17, 15) is 4.39 Å². The molecular formula is C14H15BrFN3. The van der Waals surface area contributed by atoms with Crippen molar-refractivity contribution in [1.29, 1.82) is 5.26 Å². The Morgan fingerprint density at radius 1 is 1.47 bits per heavy atom. The first-order valence-corrected chi connectivity index (χ1v) is 7.02. The van der Waals surface area contributed by atoms with Gasteiger partial charge in [-0.3, -0.25) is 0 Å². The van der Waals surface area contributed by atoms with Crippen molar-refractivity contribution < 1.29 is 4.39 Å². The molecule has 0 fully saturated rings. The van der Waals surface area contributed by atoms with E-state index in [4.69, 9.17) is 5.26 Å². The van der Waals surface area contributed by atoms with Gasteiger partial charge in [-0.2, -0.15) is 5.26 Å². The van der Waals surface area contributed by atoms with E-state index in [2.05, 4.69) is 32.6 Å². The molecule has 0 saturated heterocycles. The number of rotatable bonds is 4. The van der Waals surface area contributed by atoms with Crippen LogP contribution in [0.15, 0.2) is 28.3 Å². The molecule has 0 aliphatic carbocycles. The van der Waals surface area contributed by atoms with Crippen molar-refractivity contribution in [1.82, 2.24) is 5.32 Å². The van der Waals surface area contributed by atoms with Crippen LogP contribution in [0, 0.1) is 17.1 Å². The molecule has 1 aliphatic heterocycles. The van der Waals surface area contributed by atoms with Crippen molar-refractivity contribution in [2.24, 2.45) is 0 Å². The predicted molar refractivity (Wildman–Crippen MR) is 77.5 cm³/mol. The molecule has 1 aliphatic rings. The van der Waals surface area contributed by atoms with Crippen LogP contribution in [0.2, 0.25) is 0 Å². The van der Waals surface area contributed by atoms with Gasteiger partial charge in [0.05, 0.1) is 15.7 Å². The minimum absolute atomic E-state index is 0.223. The normalized spacial score (nSPS) is 14.7. The van der Waals surface area contributed by atoms with Crippen LogP contribution in [-0.4, -0.2) is 19.6 Å². The Bertz CT molecular complexity index is 534. The molecule has 5 heteroatoms. The van der Waals surface area contributed by atoms with E-state index < -0.39 is 5.82 Å². The number of nitrogens with zero attached hydrogens (tertiary/aromatic N) is 1. The lowest BCUT2D eigenvalue weighted by Gasteiger charge is -2.15. The van der Waals surface area contributed by atoms with Crippen molar-refractivity contribution >= 4 is 21.6 Å². The number of halogens is 2. The number of hydrogen-bond acceptors (Lipinski definition) is 3. The zero-order chi connectivity index (χ0) is 13.7. The highest BCUT2D eigenvalue weighted by Gasteiger charge is 2.11. The minimum atomic E-state index is -0.404. The summed E-state index contributed by atoms with van der Waals surface area (Å²) in [6.07, 6.45) is 4.16. The molecular weight excluding hydrogens is 309 g/mol. The maximum Gasteiger partial charge on any atom is 0.161 e. The Kier molecular flexibility index (Phi) is 4.94. The van der Waals surface area contributed by atoms with E-state index >= 15 is 0 Å². The number of nitrogens with one attached hydrogen (secondary N) is 2. The molecule has 0 aromatic heterocycles. The van der Waals surface area contributed by atoms with Crippen molar-refractivity contribution in [3.05, 3.63) is 39.6 Å². The summed E-state index contributed by atoms with van der Waals surface area (Å²) in [6, 6.07) is 5.16. The zero-order valence-corrected chi connectivity index (χ0v) is 12.1. The Morgan fingerprint density at radius 2 is 2.32 bits per heavy atom. The highest BCUT2D eigenvalue weighted by molar-refractivity contribution is 9.10. The van der Waals surface area contributed by atoms with Crippen LogP contribution >= 0.6 is 15.9 Å². The van der Waals surface area contributed by atoms with Gasteiger partial charge in [0.2, 0.25) is 0 Å². The SMILES string of the molecule is N#Cc1ccc(NCCC2=CCNCC2)c(F)c1Br. The summed E-state index contributed by atoms with van der Waals surface area (Å²) in [5, 5.41) is 15.1. The van der Waals surface area contributed by atoms with Gasteiger partial charge in [-0.25, -0.2) is 4.39 Å². The van der Waals surface area contributed by atoms with E-state index in [1.165, 1.54) is 5.57 Å². The first-order valence-electron chi connectivity index (χ1n) is 6.23. The van der Waals surface area contributed by atoms with Crippen LogP contribution < -0.4 is 10.6 Å². The molecule has 0 amide bonds. The quantitative estimate of drug-likeness (QED) is 0.836. The summed E-state index contributed by atoms with van der Waals surface area (Å²) >= 11 is 3.10. The second-order valence-corrected chi connectivity index (χ2v) is 5.19. The van der Waals surface area contributed by atoms with E-state index in [-0.39, 0.29) is 4.47 Å². The molecule has 2 N–H and O–H groups in total. The maximum atomic E-state index is 13.9. The summed E-state index contributed by atoms with van der Waals surface area (Å²) in [7, 11) is 0. The number of benzene rings is 1. The molecule has 0 saturated carbocycles. The Balaban J connectivity index is 1.95. The Morgan fingerprint density at radius 3 is 3.00 bits per heavy atom. The molecule has 0 atom stereocenters. The van der Waals surface area contributed by atoms with Crippen molar-refractivity contribution in [2.45, 2.75) is 12.8 Å². The molecule has 1 aromatic carbocycles. The second-order valence-electron chi connectivity index (χ2n) is 4.39. The first-order chi connectivity index (χ1) is 9.22. The fourth-order valence-corrected chi connectivity index (χ4v) is 2.46. The number of nitriles is 1. The summed E-state index contributed by atoms with van der Waals surface area (Å²) in [5.41, 5.74) is 2.14. The summed E-state index contributed by atoms with van der Waals surface area (Å²) in [6.45, 7) is 2.63. The maximum absolute atomic E-state index is 13.9. The van der Waals surface area contributed by atoms with Crippen LogP contribution in [-0.2, 0) is 0 Å². The minimum Gasteiger partial charge on any atom is -0.382 e. The van der Waals surface area contributed by atoms with Gasteiger partial charge in [0.25, 0.3) is 0 Å². The Hall–Kier alpha value is -1.38. The van der Waals surface area contributed by atoms with Gasteiger partial charge in [-0.1, -0.05) is 11.6 Å². The largest absolute Gasteiger partial charge is 0.382 e. The molecule has 0 unspecified atom stereocenters. The molecule has 1 heterocycles. The summed E-state index contributed by atoms with van der Waals surface area (Å²) < 4.78 is 14.2. The number of hydrogen-bond donors (Lipinski definition) is 2. The first kappa shape index (κ1) is 14.0. The molecule has 0 radical (unpaired) electrons. The van der Waals surface area contributed by atoms with Crippen molar-refractivity contribution in [3.63, 3.8) is 0 Å². The molecule has 1 aromatic rings. The third-order valence-corrected chi connectivity index (χ3v) is 3.90. The average Bonchev–Trinajstić information content (AvgIpc) is 2.45. The Labute approximate surface area is 120 Å². The standard InChI is InChI=1S/C14H15BrFN3/c15-13-11(9-17)1-2-12(14(13)16)19-8-5-10-3-6-18-7-4-10/h1-3,18-19H,4-8H2. The average molecular weight is 324 g/mol. The van der Waals surface area contributed by atoms with Crippen LogP contribution in [0.25, 0.3) is 0 Å². The predicted octanol–water partition coefficient (Wildman–Crippen LogP) is 3.18. The van der Waals surface area contributed by atoms with Gasteiger partial charge in [0.15, 0.2) is 5.82 Å². The van der Waals surface area contributed by atoms with Crippen LogP contribution in [0.4, 0.5) is 10.1 Å².